The Morgan fingerprint density at radius 1 is 1.47 bits per heavy atom. The standard InChI is InChI=1S/C12H15N3/c1-9-11-8-10(4-3-7-13)5-6-12(11)15(2)14-9/h3-6,8H,7,13H2,1-2H3/b4-3+. The van der Waals surface area contributed by atoms with Crippen molar-refractivity contribution in [3.8, 4) is 0 Å². The minimum atomic E-state index is 0.573. The van der Waals surface area contributed by atoms with Gasteiger partial charge in [0.1, 0.15) is 0 Å². The molecule has 3 nitrogen and oxygen atoms in total. The van der Waals surface area contributed by atoms with Gasteiger partial charge in [-0.2, -0.15) is 5.10 Å². The van der Waals surface area contributed by atoms with E-state index in [1.807, 2.05) is 30.8 Å². The van der Waals surface area contributed by atoms with Crippen molar-refractivity contribution in [2.24, 2.45) is 12.8 Å². The number of hydrogen-bond donors (Lipinski definition) is 1. The van der Waals surface area contributed by atoms with Gasteiger partial charge in [-0.05, 0) is 24.6 Å². The van der Waals surface area contributed by atoms with E-state index in [1.54, 1.807) is 0 Å². The molecule has 3 heteroatoms. The first-order chi connectivity index (χ1) is 7.22. The van der Waals surface area contributed by atoms with E-state index >= 15 is 0 Å². The second-order valence-electron chi connectivity index (χ2n) is 3.62. The zero-order chi connectivity index (χ0) is 10.8. The van der Waals surface area contributed by atoms with Crippen LogP contribution in [0.4, 0.5) is 0 Å². The molecule has 0 aliphatic rings. The van der Waals surface area contributed by atoms with Crippen molar-refractivity contribution in [2.45, 2.75) is 6.92 Å². The van der Waals surface area contributed by atoms with Crippen LogP contribution in [0.3, 0.4) is 0 Å². The molecule has 2 rings (SSSR count). The van der Waals surface area contributed by atoms with E-state index in [9.17, 15) is 0 Å². The Bertz CT molecular complexity index is 509. The van der Waals surface area contributed by atoms with Gasteiger partial charge in [0.2, 0.25) is 0 Å². The third kappa shape index (κ3) is 1.78. The van der Waals surface area contributed by atoms with Crippen LogP contribution in [0.1, 0.15) is 11.3 Å². The number of aromatic nitrogens is 2. The highest BCUT2D eigenvalue weighted by atomic mass is 15.3. The number of nitrogens with zero attached hydrogens (tertiary/aromatic N) is 2. The second-order valence-corrected chi connectivity index (χ2v) is 3.62. The molecule has 0 bridgehead atoms. The van der Waals surface area contributed by atoms with Gasteiger partial charge in [-0.25, -0.2) is 0 Å². The van der Waals surface area contributed by atoms with Crippen molar-refractivity contribution in [2.75, 3.05) is 6.54 Å². The van der Waals surface area contributed by atoms with Crippen LogP contribution in [0.25, 0.3) is 17.0 Å². The number of benzene rings is 1. The van der Waals surface area contributed by atoms with Gasteiger partial charge in [0.05, 0.1) is 11.2 Å². The molecular weight excluding hydrogens is 186 g/mol. The Kier molecular flexibility index (Phi) is 2.56. The molecule has 1 aromatic carbocycles. The van der Waals surface area contributed by atoms with E-state index in [4.69, 9.17) is 5.73 Å². The molecule has 0 saturated carbocycles. The molecular formula is C12H15N3. The summed E-state index contributed by atoms with van der Waals surface area (Å²) < 4.78 is 1.90. The number of fused-ring (bicyclic) bond motifs is 1. The third-order valence-corrected chi connectivity index (χ3v) is 2.51. The van der Waals surface area contributed by atoms with Gasteiger partial charge in [0.15, 0.2) is 0 Å². The normalized spacial score (nSPS) is 11.7. The molecule has 0 aliphatic heterocycles. The minimum Gasteiger partial charge on any atom is -0.327 e. The fourth-order valence-corrected chi connectivity index (χ4v) is 1.77. The van der Waals surface area contributed by atoms with Crippen LogP contribution in [0.5, 0.6) is 0 Å². The Morgan fingerprint density at radius 2 is 2.27 bits per heavy atom. The van der Waals surface area contributed by atoms with Gasteiger partial charge in [-0.1, -0.05) is 18.2 Å². The minimum absolute atomic E-state index is 0.573. The summed E-state index contributed by atoms with van der Waals surface area (Å²) in [7, 11) is 1.96. The van der Waals surface area contributed by atoms with E-state index in [0.717, 1.165) is 11.2 Å². The molecule has 0 atom stereocenters. The fourth-order valence-electron chi connectivity index (χ4n) is 1.77. The summed E-state index contributed by atoms with van der Waals surface area (Å²) in [6.45, 7) is 2.60. The van der Waals surface area contributed by atoms with Crippen LogP contribution in [-0.2, 0) is 7.05 Å². The Morgan fingerprint density at radius 3 is 3.00 bits per heavy atom. The van der Waals surface area contributed by atoms with Crippen molar-refractivity contribution in [1.82, 2.24) is 9.78 Å². The van der Waals surface area contributed by atoms with Gasteiger partial charge in [-0.15, -0.1) is 0 Å². The summed E-state index contributed by atoms with van der Waals surface area (Å²) in [5.41, 5.74) is 8.82. The molecule has 0 saturated heterocycles. The van der Waals surface area contributed by atoms with Gasteiger partial charge < -0.3 is 5.73 Å². The van der Waals surface area contributed by atoms with E-state index in [1.165, 1.54) is 10.9 Å². The average molecular weight is 201 g/mol. The number of hydrogen-bond acceptors (Lipinski definition) is 2. The SMILES string of the molecule is Cc1nn(C)c2ccc(/C=C/CN)cc12. The number of aryl methyl sites for hydroxylation is 2. The van der Waals surface area contributed by atoms with E-state index in [-0.39, 0.29) is 0 Å². The molecule has 0 aliphatic carbocycles. The van der Waals surface area contributed by atoms with Crippen molar-refractivity contribution >= 4 is 17.0 Å². The van der Waals surface area contributed by atoms with Crippen LogP contribution in [-0.4, -0.2) is 16.3 Å². The quantitative estimate of drug-likeness (QED) is 0.805. The van der Waals surface area contributed by atoms with E-state index < -0.39 is 0 Å². The summed E-state index contributed by atoms with van der Waals surface area (Å²) in [6.07, 6.45) is 3.98. The predicted octanol–water partition coefficient (Wildman–Crippen LogP) is 1.85. The second kappa shape index (κ2) is 3.87. The zero-order valence-corrected chi connectivity index (χ0v) is 9.07. The van der Waals surface area contributed by atoms with Gasteiger partial charge in [-0.3, -0.25) is 4.68 Å². The maximum Gasteiger partial charge on any atom is 0.0682 e. The van der Waals surface area contributed by atoms with Gasteiger partial charge in [0.25, 0.3) is 0 Å². The number of rotatable bonds is 2. The first-order valence-corrected chi connectivity index (χ1v) is 5.02. The van der Waals surface area contributed by atoms with Crippen molar-refractivity contribution in [3.05, 3.63) is 35.5 Å². The molecule has 78 valence electrons. The fraction of sp³-hybridized carbons (Fsp3) is 0.250. The summed E-state index contributed by atoms with van der Waals surface area (Å²) in [6, 6.07) is 6.31. The highest BCUT2D eigenvalue weighted by Gasteiger charge is 2.03. The van der Waals surface area contributed by atoms with E-state index in [2.05, 4.69) is 23.3 Å². The Hall–Kier alpha value is -1.61. The van der Waals surface area contributed by atoms with Crippen molar-refractivity contribution in [3.63, 3.8) is 0 Å². The first kappa shape index (κ1) is 9.93. The molecule has 0 spiro atoms. The maximum absolute atomic E-state index is 5.42. The first-order valence-electron chi connectivity index (χ1n) is 5.02. The van der Waals surface area contributed by atoms with Gasteiger partial charge in [0, 0.05) is 19.0 Å². The van der Waals surface area contributed by atoms with Crippen molar-refractivity contribution < 1.29 is 0 Å². The molecule has 2 N–H and O–H groups in total. The van der Waals surface area contributed by atoms with Crippen LogP contribution in [0.15, 0.2) is 24.3 Å². The Labute approximate surface area is 89.2 Å². The highest BCUT2D eigenvalue weighted by Crippen LogP contribution is 2.19. The van der Waals surface area contributed by atoms with Crippen molar-refractivity contribution in [1.29, 1.82) is 0 Å². The third-order valence-electron chi connectivity index (χ3n) is 2.51. The predicted molar refractivity (Wildman–Crippen MR) is 63.5 cm³/mol. The van der Waals surface area contributed by atoms with Gasteiger partial charge >= 0.3 is 0 Å². The lowest BCUT2D eigenvalue weighted by molar-refractivity contribution is 0.783. The summed E-state index contributed by atoms with van der Waals surface area (Å²) in [4.78, 5) is 0. The maximum atomic E-state index is 5.42. The molecule has 1 heterocycles. The lowest BCUT2D eigenvalue weighted by atomic mass is 10.1. The monoisotopic (exact) mass is 201 g/mol. The van der Waals surface area contributed by atoms with E-state index in [0.29, 0.717) is 6.54 Å². The molecule has 0 radical (unpaired) electrons. The summed E-state index contributed by atoms with van der Waals surface area (Å²) in [5, 5.41) is 5.58. The molecule has 0 amide bonds. The van der Waals surface area contributed by atoms with Crippen LogP contribution >= 0.6 is 0 Å². The Balaban J connectivity index is 2.55. The summed E-state index contributed by atoms with van der Waals surface area (Å²) >= 11 is 0. The summed E-state index contributed by atoms with van der Waals surface area (Å²) in [5.74, 6) is 0. The topological polar surface area (TPSA) is 43.8 Å². The molecule has 0 unspecified atom stereocenters. The highest BCUT2D eigenvalue weighted by molar-refractivity contribution is 5.84. The smallest absolute Gasteiger partial charge is 0.0682 e. The molecule has 15 heavy (non-hydrogen) atoms. The average Bonchev–Trinajstić information content (AvgIpc) is 2.52. The van der Waals surface area contributed by atoms with Crippen LogP contribution < -0.4 is 5.73 Å². The van der Waals surface area contributed by atoms with Crippen LogP contribution in [0, 0.1) is 6.92 Å². The zero-order valence-electron chi connectivity index (χ0n) is 9.07. The largest absolute Gasteiger partial charge is 0.327 e. The van der Waals surface area contributed by atoms with Crippen LogP contribution in [0.2, 0.25) is 0 Å². The number of nitrogens with two attached hydrogens (primary N) is 1. The lowest BCUT2D eigenvalue weighted by Gasteiger charge is -1.96. The molecule has 0 fully saturated rings. The molecule has 1 aromatic heterocycles. The lowest BCUT2D eigenvalue weighted by Crippen LogP contribution is -1.92. The molecule has 2 aromatic rings.